The lowest BCUT2D eigenvalue weighted by Gasteiger charge is -2.08. The highest BCUT2D eigenvalue weighted by Crippen LogP contribution is 2.30. The fourth-order valence-corrected chi connectivity index (χ4v) is 3.96. The lowest BCUT2D eigenvalue weighted by atomic mass is 10.2. The van der Waals surface area contributed by atoms with E-state index in [1.54, 1.807) is 24.3 Å². The SMILES string of the molecule is CS(=O)(=O)c1ccc(Cl)c(NC(=O)c2ccc(-c3ccc(F)cc3)s2)c1. The highest BCUT2D eigenvalue weighted by atomic mass is 35.5. The number of halogens is 2. The number of carbonyl (C=O) groups is 1. The maximum absolute atomic E-state index is 13.0. The summed E-state index contributed by atoms with van der Waals surface area (Å²) in [5.41, 5.74) is 1.02. The van der Waals surface area contributed by atoms with Crippen LogP contribution in [-0.2, 0) is 9.84 Å². The Morgan fingerprint density at radius 2 is 1.77 bits per heavy atom. The van der Waals surface area contributed by atoms with Crippen molar-refractivity contribution < 1.29 is 17.6 Å². The number of anilines is 1. The number of hydrogen-bond donors (Lipinski definition) is 1. The first-order valence-corrected chi connectivity index (χ1v) is 10.5. The van der Waals surface area contributed by atoms with Crippen LogP contribution >= 0.6 is 22.9 Å². The van der Waals surface area contributed by atoms with E-state index in [0.717, 1.165) is 16.7 Å². The first kappa shape index (κ1) is 18.6. The highest BCUT2D eigenvalue weighted by molar-refractivity contribution is 7.90. The highest BCUT2D eigenvalue weighted by Gasteiger charge is 2.15. The molecule has 1 N–H and O–H groups in total. The molecular weight excluding hydrogens is 397 g/mol. The van der Waals surface area contributed by atoms with E-state index in [1.165, 1.54) is 41.7 Å². The molecule has 3 aromatic rings. The van der Waals surface area contributed by atoms with Crippen LogP contribution in [0.4, 0.5) is 10.1 Å². The summed E-state index contributed by atoms with van der Waals surface area (Å²) in [4.78, 5) is 13.8. The van der Waals surface area contributed by atoms with Crippen LogP contribution in [0.25, 0.3) is 10.4 Å². The van der Waals surface area contributed by atoms with E-state index in [4.69, 9.17) is 11.6 Å². The van der Waals surface area contributed by atoms with Gasteiger partial charge in [0, 0.05) is 11.1 Å². The summed E-state index contributed by atoms with van der Waals surface area (Å²) in [6, 6.07) is 13.5. The van der Waals surface area contributed by atoms with Crippen LogP contribution in [0.15, 0.2) is 59.5 Å². The number of carbonyl (C=O) groups excluding carboxylic acids is 1. The van der Waals surface area contributed by atoms with Crippen molar-refractivity contribution in [1.82, 2.24) is 0 Å². The maximum atomic E-state index is 13.0. The van der Waals surface area contributed by atoms with Gasteiger partial charge in [0.2, 0.25) is 0 Å². The molecule has 4 nitrogen and oxygen atoms in total. The molecular formula is C18H13ClFNO3S2. The minimum atomic E-state index is -3.42. The van der Waals surface area contributed by atoms with Crippen LogP contribution in [0.2, 0.25) is 5.02 Å². The number of amides is 1. The average molecular weight is 410 g/mol. The zero-order valence-electron chi connectivity index (χ0n) is 13.5. The molecule has 0 aliphatic rings. The topological polar surface area (TPSA) is 63.2 Å². The zero-order valence-corrected chi connectivity index (χ0v) is 15.9. The van der Waals surface area contributed by atoms with Crippen molar-refractivity contribution in [3.05, 3.63) is 70.3 Å². The van der Waals surface area contributed by atoms with Gasteiger partial charge >= 0.3 is 0 Å². The molecule has 0 bridgehead atoms. The summed E-state index contributed by atoms with van der Waals surface area (Å²) in [5, 5.41) is 2.87. The van der Waals surface area contributed by atoms with Crippen LogP contribution < -0.4 is 5.32 Å². The molecule has 134 valence electrons. The third-order valence-corrected chi connectivity index (χ3v) is 6.15. The van der Waals surface area contributed by atoms with Gasteiger partial charge < -0.3 is 5.32 Å². The molecule has 1 heterocycles. The smallest absolute Gasteiger partial charge is 0.265 e. The summed E-state index contributed by atoms with van der Waals surface area (Å²) >= 11 is 7.29. The van der Waals surface area contributed by atoms with Crippen molar-refractivity contribution in [3.63, 3.8) is 0 Å². The van der Waals surface area contributed by atoms with Crippen LogP contribution in [0.1, 0.15) is 9.67 Å². The van der Waals surface area contributed by atoms with Gasteiger partial charge in [-0.25, -0.2) is 12.8 Å². The maximum Gasteiger partial charge on any atom is 0.265 e. The van der Waals surface area contributed by atoms with Crippen LogP contribution in [0.5, 0.6) is 0 Å². The van der Waals surface area contributed by atoms with Gasteiger partial charge in [0.1, 0.15) is 5.82 Å². The molecule has 1 amide bonds. The first-order valence-electron chi connectivity index (χ1n) is 7.41. The largest absolute Gasteiger partial charge is 0.320 e. The average Bonchev–Trinajstić information content (AvgIpc) is 3.06. The van der Waals surface area contributed by atoms with Crippen LogP contribution in [0.3, 0.4) is 0 Å². The Morgan fingerprint density at radius 3 is 2.42 bits per heavy atom. The van der Waals surface area contributed by atoms with Crippen molar-refractivity contribution in [1.29, 1.82) is 0 Å². The van der Waals surface area contributed by atoms with E-state index in [0.29, 0.717) is 4.88 Å². The molecule has 1 aromatic heterocycles. The summed E-state index contributed by atoms with van der Waals surface area (Å²) in [6.45, 7) is 0. The molecule has 0 saturated carbocycles. The number of rotatable bonds is 4. The first-order chi connectivity index (χ1) is 12.2. The van der Waals surface area contributed by atoms with Crippen molar-refractivity contribution in [2.24, 2.45) is 0 Å². The molecule has 2 aromatic carbocycles. The standard InChI is InChI=1S/C18H13ClFNO3S2/c1-26(23,24)13-6-7-14(19)15(10-13)21-18(22)17-9-8-16(25-17)11-2-4-12(20)5-3-11/h2-10H,1H3,(H,21,22). The van der Waals surface area contributed by atoms with E-state index >= 15 is 0 Å². The second-order valence-electron chi connectivity index (χ2n) is 5.54. The monoisotopic (exact) mass is 409 g/mol. The van der Waals surface area contributed by atoms with E-state index in [9.17, 15) is 17.6 Å². The molecule has 0 fully saturated rings. The summed E-state index contributed by atoms with van der Waals surface area (Å²) in [7, 11) is -3.42. The predicted molar refractivity (Wildman–Crippen MR) is 102 cm³/mol. The number of benzene rings is 2. The van der Waals surface area contributed by atoms with Crippen LogP contribution in [0, 0.1) is 5.82 Å². The molecule has 0 aliphatic heterocycles. The lowest BCUT2D eigenvalue weighted by Crippen LogP contribution is -2.11. The minimum Gasteiger partial charge on any atom is -0.320 e. The van der Waals surface area contributed by atoms with Crippen molar-refractivity contribution in [2.45, 2.75) is 4.90 Å². The van der Waals surface area contributed by atoms with Crippen molar-refractivity contribution in [3.8, 4) is 10.4 Å². The molecule has 0 unspecified atom stereocenters. The number of hydrogen-bond acceptors (Lipinski definition) is 4. The van der Waals surface area contributed by atoms with E-state index in [-0.39, 0.29) is 21.4 Å². The number of sulfone groups is 1. The molecule has 26 heavy (non-hydrogen) atoms. The molecule has 0 spiro atoms. The molecule has 8 heteroatoms. The Bertz CT molecular complexity index is 1080. The summed E-state index contributed by atoms with van der Waals surface area (Å²) in [6.07, 6.45) is 1.08. The Kier molecular flexibility index (Phi) is 5.13. The molecule has 3 rings (SSSR count). The van der Waals surface area contributed by atoms with E-state index in [1.807, 2.05) is 0 Å². The number of thiophene rings is 1. The van der Waals surface area contributed by atoms with Gasteiger partial charge in [-0.3, -0.25) is 4.79 Å². The fourth-order valence-electron chi connectivity index (χ4n) is 2.24. The molecule has 0 aliphatic carbocycles. The Morgan fingerprint density at radius 1 is 1.08 bits per heavy atom. The number of nitrogens with one attached hydrogen (secondary N) is 1. The van der Waals surface area contributed by atoms with E-state index < -0.39 is 15.7 Å². The second-order valence-corrected chi connectivity index (χ2v) is 9.05. The van der Waals surface area contributed by atoms with Gasteiger partial charge in [0.15, 0.2) is 9.84 Å². The third kappa shape index (κ3) is 4.12. The Hall–Kier alpha value is -2.22. The molecule has 0 atom stereocenters. The quantitative estimate of drug-likeness (QED) is 0.669. The molecule has 0 radical (unpaired) electrons. The zero-order chi connectivity index (χ0) is 18.9. The second kappa shape index (κ2) is 7.19. The lowest BCUT2D eigenvalue weighted by molar-refractivity contribution is 0.103. The van der Waals surface area contributed by atoms with Gasteiger partial charge in [-0.2, -0.15) is 0 Å². The fraction of sp³-hybridized carbons (Fsp3) is 0.0556. The van der Waals surface area contributed by atoms with Gasteiger partial charge in [-0.05, 0) is 48.0 Å². The predicted octanol–water partition coefficient (Wildman–Crippen LogP) is 4.86. The van der Waals surface area contributed by atoms with Crippen molar-refractivity contribution >= 4 is 44.4 Å². The normalized spacial score (nSPS) is 11.3. The van der Waals surface area contributed by atoms with Crippen molar-refractivity contribution in [2.75, 3.05) is 11.6 Å². The summed E-state index contributed by atoms with van der Waals surface area (Å²) in [5.74, 6) is -0.736. The Balaban J connectivity index is 1.84. The Labute approximate surface area is 159 Å². The van der Waals surface area contributed by atoms with Crippen LogP contribution in [-0.4, -0.2) is 20.6 Å². The van der Waals surface area contributed by atoms with Gasteiger partial charge in [0.05, 0.1) is 20.5 Å². The minimum absolute atomic E-state index is 0.0652. The summed E-state index contributed by atoms with van der Waals surface area (Å²) < 4.78 is 36.3. The molecule has 0 saturated heterocycles. The third-order valence-electron chi connectivity index (χ3n) is 3.57. The van der Waals surface area contributed by atoms with Gasteiger partial charge in [-0.1, -0.05) is 23.7 Å². The van der Waals surface area contributed by atoms with E-state index in [2.05, 4.69) is 5.32 Å². The van der Waals surface area contributed by atoms with Gasteiger partial charge in [-0.15, -0.1) is 11.3 Å². The van der Waals surface area contributed by atoms with Gasteiger partial charge in [0.25, 0.3) is 5.91 Å².